The van der Waals surface area contributed by atoms with Crippen LogP contribution in [0.3, 0.4) is 0 Å². The lowest BCUT2D eigenvalue weighted by Crippen LogP contribution is -2.22. The molecule has 0 N–H and O–H groups in total. The highest BCUT2D eigenvalue weighted by Crippen LogP contribution is 2.17. The number of carbonyl (C=O) groups is 1. The molecule has 1 heterocycles. The Hall–Kier alpha value is -0.130. The first kappa shape index (κ1) is 17.9. The average molecular weight is 351 g/mol. The molecule has 118 valence electrons. The predicted octanol–water partition coefficient (Wildman–Crippen LogP) is 3.81. The summed E-state index contributed by atoms with van der Waals surface area (Å²) in [6, 6.07) is 0. The second-order valence-electron chi connectivity index (χ2n) is 5.10. The topological polar surface area (TPSA) is 44.8 Å². The molecule has 1 saturated heterocycles. The van der Waals surface area contributed by atoms with Crippen molar-refractivity contribution < 1.29 is 19.0 Å². The Bertz CT molecular complexity index is 254. The smallest absolute Gasteiger partial charge is 0.305 e. The van der Waals surface area contributed by atoms with Gasteiger partial charge in [-0.2, -0.15) is 0 Å². The maximum atomic E-state index is 11.2. The Morgan fingerprint density at radius 1 is 1.35 bits per heavy atom. The Morgan fingerprint density at radius 3 is 2.90 bits per heavy atom. The molecule has 2 atom stereocenters. The molecule has 0 amide bonds. The van der Waals surface area contributed by atoms with Crippen molar-refractivity contribution in [1.29, 1.82) is 0 Å². The molecular weight excluding hydrogens is 324 g/mol. The summed E-state index contributed by atoms with van der Waals surface area (Å²) in [6.45, 7) is 3.90. The molecule has 5 heteroatoms. The van der Waals surface area contributed by atoms with E-state index in [1.165, 1.54) is 6.42 Å². The van der Waals surface area contributed by atoms with Gasteiger partial charge in [-0.1, -0.05) is 22.4 Å². The van der Waals surface area contributed by atoms with E-state index in [0.29, 0.717) is 17.9 Å². The van der Waals surface area contributed by atoms with Crippen LogP contribution in [0.2, 0.25) is 0 Å². The largest absolute Gasteiger partial charge is 0.466 e. The number of hydrogen-bond donors (Lipinski definition) is 0. The van der Waals surface area contributed by atoms with Crippen LogP contribution in [0.5, 0.6) is 0 Å². The molecule has 4 nitrogen and oxygen atoms in total. The first-order chi connectivity index (χ1) is 9.72. The van der Waals surface area contributed by atoms with Crippen LogP contribution < -0.4 is 0 Å². The Labute approximate surface area is 130 Å². The van der Waals surface area contributed by atoms with Crippen molar-refractivity contribution in [2.24, 2.45) is 0 Å². The van der Waals surface area contributed by atoms with E-state index >= 15 is 0 Å². The fourth-order valence-electron chi connectivity index (χ4n) is 2.18. The van der Waals surface area contributed by atoms with Crippen molar-refractivity contribution in [2.45, 2.75) is 69.4 Å². The summed E-state index contributed by atoms with van der Waals surface area (Å²) in [5, 5.41) is 0. The molecule has 0 aliphatic carbocycles. The minimum absolute atomic E-state index is 0.0207. The van der Waals surface area contributed by atoms with E-state index in [-0.39, 0.29) is 12.3 Å². The first-order valence-corrected chi connectivity index (χ1v) is 8.66. The summed E-state index contributed by atoms with van der Waals surface area (Å²) in [7, 11) is 0. The normalized spacial score (nSPS) is 20.6. The average Bonchev–Trinajstić information content (AvgIpc) is 2.46. The maximum Gasteiger partial charge on any atom is 0.305 e. The number of ether oxygens (including phenoxy) is 3. The zero-order chi connectivity index (χ0) is 14.6. The van der Waals surface area contributed by atoms with Crippen LogP contribution in [0, 0.1) is 0 Å². The van der Waals surface area contributed by atoms with Crippen molar-refractivity contribution in [2.75, 3.05) is 19.8 Å². The third-order valence-electron chi connectivity index (χ3n) is 3.32. The Balaban J connectivity index is 1.90. The van der Waals surface area contributed by atoms with Gasteiger partial charge in [0.15, 0.2) is 6.29 Å². The minimum Gasteiger partial charge on any atom is -0.466 e. The minimum atomic E-state index is -0.102. The van der Waals surface area contributed by atoms with E-state index in [4.69, 9.17) is 14.2 Å². The third kappa shape index (κ3) is 8.93. The van der Waals surface area contributed by atoms with Crippen LogP contribution in [-0.2, 0) is 19.0 Å². The lowest BCUT2D eigenvalue weighted by Gasteiger charge is -2.22. The van der Waals surface area contributed by atoms with Gasteiger partial charge in [0.1, 0.15) is 0 Å². The van der Waals surface area contributed by atoms with Crippen molar-refractivity contribution in [3.8, 4) is 0 Å². The van der Waals surface area contributed by atoms with Gasteiger partial charge in [-0.25, -0.2) is 0 Å². The molecule has 1 fully saturated rings. The van der Waals surface area contributed by atoms with E-state index in [1.807, 2.05) is 6.92 Å². The second-order valence-corrected chi connectivity index (χ2v) is 6.40. The summed E-state index contributed by atoms with van der Waals surface area (Å²) in [5.41, 5.74) is 0. The molecule has 0 bridgehead atoms. The summed E-state index contributed by atoms with van der Waals surface area (Å²) in [4.78, 5) is 11.6. The van der Waals surface area contributed by atoms with Gasteiger partial charge in [-0.3, -0.25) is 4.79 Å². The van der Waals surface area contributed by atoms with Gasteiger partial charge in [0, 0.05) is 24.5 Å². The number of alkyl halides is 1. The summed E-state index contributed by atoms with van der Waals surface area (Å²) in [5.74, 6) is -0.102. The van der Waals surface area contributed by atoms with Crippen molar-refractivity contribution in [3.63, 3.8) is 0 Å². The van der Waals surface area contributed by atoms with Gasteiger partial charge in [-0.05, 0) is 45.4 Å². The standard InChI is InChI=1S/C15H27BrO4/c1-2-18-14(17)10-9-13(16)7-3-5-11-19-15-8-4-6-12-20-15/h13,15H,2-12H2,1H3. The van der Waals surface area contributed by atoms with E-state index in [0.717, 1.165) is 51.7 Å². The fraction of sp³-hybridized carbons (Fsp3) is 0.933. The predicted molar refractivity (Wildman–Crippen MR) is 82.0 cm³/mol. The Kier molecular flexibility index (Phi) is 10.3. The number of rotatable bonds is 10. The molecule has 0 radical (unpaired) electrons. The lowest BCUT2D eigenvalue weighted by atomic mass is 10.1. The lowest BCUT2D eigenvalue weighted by molar-refractivity contribution is -0.162. The van der Waals surface area contributed by atoms with E-state index < -0.39 is 0 Å². The molecule has 0 spiro atoms. The summed E-state index contributed by atoms with van der Waals surface area (Å²) >= 11 is 3.61. The molecule has 1 aliphatic rings. The molecule has 0 aromatic heterocycles. The molecule has 20 heavy (non-hydrogen) atoms. The zero-order valence-electron chi connectivity index (χ0n) is 12.4. The van der Waals surface area contributed by atoms with Crippen LogP contribution in [-0.4, -0.2) is 36.9 Å². The third-order valence-corrected chi connectivity index (χ3v) is 4.24. The molecule has 1 aliphatic heterocycles. The van der Waals surface area contributed by atoms with Crippen LogP contribution in [0.25, 0.3) is 0 Å². The van der Waals surface area contributed by atoms with Gasteiger partial charge >= 0.3 is 5.97 Å². The van der Waals surface area contributed by atoms with Crippen molar-refractivity contribution >= 4 is 21.9 Å². The fourth-order valence-corrected chi connectivity index (χ4v) is 2.73. The van der Waals surface area contributed by atoms with Gasteiger partial charge in [0.2, 0.25) is 0 Å². The van der Waals surface area contributed by atoms with Crippen LogP contribution in [0.15, 0.2) is 0 Å². The Morgan fingerprint density at radius 2 is 2.20 bits per heavy atom. The number of unbranched alkanes of at least 4 members (excludes halogenated alkanes) is 1. The number of hydrogen-bond acceptors (Lipinski definition) is 4. The van der Waals surface area contributed by atoms with E-state index in [1.54, 1.807) is 0 Å². The van der Waals surface area contributed by atoms with Crippen molar-refractivity contribution in [1.82, 2.24) is 0 Å². The molecule has 0 aromatic rings. The highest BCUT2D eigenvalue weighted by Gasteiger charge is 2.13. The summed E-state index contributed by atoms with van der Waals surface area (Å²) < 4.78 is 16.1. The quantitative estimate of drug-likeness (QED) is 0.341. The molecule has 0 aromatic carbocycles. The SMILES string of the molecule is CCOC(=O)CCC(Br)CCCCOC1CCCCO1. The van der Waals surface area contributed by atoms with Gasteiger partial charge in [-0.15, -0.1) is 0 Å². The number of esters is 1. The maximum absolute atomic E-state index is 11.2. The number of carbonyl (C=O) groups excluding carboxylic acids is 1. The van der Waals surface area contributed by atoms with Crippen LogP contribution >= 0.6 is 15.9 Å². The van der Waals surface area contributed by atoms with E-state index in [2.05, 4.69) is 15.9 Å². The van der Waals surface area contributed by atoms with Gasteiger partial charge in [0.05, 0.1) is 6.61 Å². The van der Waals surface area contributed by atoms with Crippen molar-refractivity contribution in [3.05, 3.63) is 0 Å². The van der Waals surface area contributed by atoms with Crippen LogP contribution in [0.1, 0.15) is 58.3 Å². The zero-order valence-corrected chi connectivity index (χ0v) is 14.0. The molecular formula is C15H27BrO4. The highest BCUT2D eigenvalue weighted by molar-refractivity contribution is 9.09. The summed E-state index contributed by atoms with van der Waals surface area (Å²) in [6.07, 6.45) is 7.96. The number of halogens is 1. The monoisotopic (exact) mass is 350 g/mol. The first-order valence-electron chi connectivity index (χ1n) is 7.75. The second kappa shape index (κ2) is 11.5. The highest BCUT2D eigenvalue weighted by atomic mass is 79.9. The molecule has 1 rings (SSSR count). The van der Waals surface area contributed by atoms with E-state index in [9.17, 15) is 4.79 Å². The van der Waals surface area contributed by atoms with Gasteiger partial charge in [0.25, 0.3) is 0 Å². The molecule has 2 unspecified atom stereocenters. The van der Waals surface area contributed by atoms with Crippen LogP contribution in [0.4, 0.5) is 0 Å². The molecule has 0 saturated carbocycles. The van der Waals surface area contributed by atoms with Gasteiger partial charge < -0.3 is 14.2 Å².